The average Bonchev–Trinajstić information content (AvgIpc) is 3.07. The van der Waals surface area contributed by atoms with E-state index in [4.69, 9.17) is 0 Å². The summed E-state index contributed by atoms with van der Waals surface area (Å²) >= 11 is 1.35. The minimum absolute atomic E-state index is 0.0398. The first-order valence-electron chi connectivity index (χ1n) is 6.38. The van der Waals surface area contributed by atoms with Crippen molar-refractivity contribution in [2.24, 2.45) is 10.2 Å². The Labute approximate surface area is 126 Å². The lowest BCUT2D eigenvalue weighted by Gasteiger charge is -1.98. The van der Waals surface area contributed by atoms with Crippen LogP contribution in [0.2, 0.25) is 0 Å². The number of carbonyl (C=O) groups is 1. The van der Waals surface area contributed by atoms with Gasteiger partial charge in [0.1, 0.15) is 0 Å². The van der Waals surface area contributed by atoms with Gasteiger partial charge >= 0.3 is 0 Å². The van der Waals surface area contributed by atoms with Crippen molar-refractivity contribution >= 4 is 29.1 Å². The second kappa shape index (κ2) is 5.92. The van der Waals surface area contributed by atoms with E-state index in [0.717, 1.165) is 16.9 Å². The molecule has 1 saturated heterocycles. The number of para-hydroxylation sites is 1. The van der Waals surface area contributed by atoms with E-state index in [1.54, 1.807) is 10.9 Å². The molecule has 2 aromatic rings. The number of benzene rings is 1. The zero-order valence-electron chi connectivity index (χ0n) is 11.4. The maximum Gasteiger partial charge on any atom is 0.236 e. The zero-order valence-corrected chi connectivity index (χ0v) is 12.2. The number of nitrogens with zero attached hydrogens (tertiary/aromatic N) is 4. The first-order valence-corrected chi connectivity index (χ1v) is 7.36. The highest BCUT2D eigenvalue weighted by Gasteiger charge is 2.15. The Bertz CT molecular complexity index is 720. The molecule has 0 radical (unpaired) electrons. The van der Waals surface area contributed by atoms with Gasteiger partial charge in [0.05, 0.1) is 23.3 Å². The van der Waals surface area contributed by atoms with Crippen molar-refractivity contribution in [3.05, 3.63) is 47.8 Å². The van der Waals surface area contributed by atoms with Gasteiger partial charge in [-0.05, 0) is 19.1 Å². The molecule has 1 fully saturated rings. The van der Waals surface area contributed by atoms with Gasteiger partial charge in [-0.3, -0.25) is 4.79 Å². The lowest BCUT2D eigenvalue weighted by Crippen LogP contribution is -2.19. The summed E-state index contributed by atoms with van der Waals surface area (Å²) in [7, 11) is 0. The fourth-order valence-corrected chi connectivity index (χ4v) is 2.47. The second-order valence-electron chi connectivity index (χ2n) is 4.44. The molecular weight excluding hydrogens is 286 g/mol. The third kappa shape index (κ3) is 3.19. The van der Waals surface area contributed by atoms with Crippen LogP contribution in [0.1, 0.15) is 11.3 Å². The Morgan fingerprint density at radius 2 is 2.19 bits per heavy atom. The highest BCUT2D eigenvalue weighted by atomic mass is 32.2. The molecule has 7 heteroatoms. The predicted molar refractivity (Wildman–Crippen MR) is 83.9 cm³/mol. The van der Waals surface area contributed by atoms with Crippen molar-refractivity contribution in [3.8, 4) is 5.69 Å². The highest BCUT2D eigenvalue weighted by molar-refractivity contribution is 8.15. The number of thioether (sulfide) groups is 1. The zero-order chi connectivity index (χ0) is 14.7. The Balaban J connectivity index is 1.77. The number of hydrogen-bond acceptors (Lipinski definition) is 5. The Morgan fingerprint density at radius 3 is 2.90 bits per heavy atom. The van der Waals surface area contributed by atoms with Crippen LogP contribution in [0.4, 0.5) is 0 Å². The van der Waals surface area contributed by atoms with Gasteiger partial charge in [0.25, 0.3) is 0 Å². The van der Waals surface area contributed by atoms with E-state index in [1.807, 2.05) is 43.5 Å². The van der Waals surface area contributed by atoms with Crippen LogP contribution < -0.4 is 5.32 Å². The van der Waals surface area contributed by atoms with Crippen molar-refractivity contribution in [3.63, 3.8) is 0 Å². The maximum atomic E-state index is 11.0. The molecule has 21 heavy (non-hydrogen) atoms. The van der Waals surface area contributed by atoms with Crippen LogP contribution in [0.3, 0.4) is 0 Å². The van der Waals surface area contributed by atoms with Crippen molar-refractivity contribution in [1.82, 2.24) is 15.1 Å². The fourth-order valence-electron chi connectivity index (χ4n) is 1.84. The van der Waals surface area contributed by atoms with Gasteiger partial charge in [-0.1, -0.05) is 30.0 Å². The summed E-state index contributed by atoms with van der Waals surface area (Å²) in [4.78, 5) is 11.0. The topological polar surface area (TPSA) is 71.6 Å². The summed E-state index contributed by atoms with van der Waals surface area (Å²) in [6.45, 7) is 1.92. The standard InChI is InChI=1S/C14H13N5OS/c1-10-11(7-15-17-14-16-13(20)9-21-14)8-19(18-10)12-5-3-2-4-6-12/h2-8H,9H2,1H3,(H,16,17,20). The lowest BCUT2D eigenvalue weighted by atomic mass is 10.3. The minimum Gasteiger partial charge on any atom is -0.303 e. The van der Waals surface area contributed by atoms with Crippen LogP contribution in [-0.4, -0.2) is 32.8 Å². The van der Waals surface area contributed by atoms with Gasteiger partial charge in [0.15, 0.2) is 5.17 Å². The Hall–Kier alpha value is -2.41. The summed E-state index contributed by atoms with van der Waals surface area (Å²) in [5.41, 5.74) is 2.74. The maximum absolute atomic E-state index is 11.0. The molecule has 0 aliphatic carbocycles. The molecule has 1 aliphatic rings. The quantitative estimate of drug-likeness (QED) is 0.693. The molecule has 1 N–H and O–H groups in total. The molecule has 6 nitrogen and oxygen atoms in total. The monoisotopic (exact) mass is 299 g/mol. The van der Waals surface area contributed by atoms with Gasteiger partial charge in [-0.2, -0.15) is 10.2 Å². The number of carbonyl (C=O) groups excluding carboxylic acids is 1. The Morgan fingerprint density at radius 1 is 1.38 bits per heavy atom. The molecule has 0 spiro atoms. The highest BCUT2D eigenvalue weighted by Crippen LogP contribution is 2.11. The third-order valence-corrected chi connectivity index (χ3v) is 3.75. The van der Waals surface area contributed by atoms with E-state index < -0.39 is 0 Å². The van der Waals surface area contributed by atoms with Crippen LogP contribution in [-0.2, 0) is 4.79 Å². The normalized spacial score (nSPS) is 16.8. The van der Waals surface area contributed by atoms with Crippen LogP contribution in [0.25, 0.3) is 5.69 Å². The molecule has 106 valence electrons. The molecule has 0 atom stereocenters. The Kier molecular flexibility index (Phi) is 3.83. The average molecular weight is 299 g/mol. The van der Waals surface area contributed by atoms with Gasteiger partial charge < -0.3 is 5.32 Å². The van der Waals surface area contributed by atoms with Gasteiger partial charge in [-0.25, -0.2) is 4.68 Å². The van der Waals surface area contributed by atoms with E-state index in [2.05, 4.69) is 20.6 Å². The van der Waals surface area contributed by atoms with E-state index in [9.17, 15) is 4.79 Å². The molecule has 1 aromatic heterocycles. The molecule has 0 bridgehead atoms. The second-order valence-corrected chi connectivity index (χ2v) is 5.40. The van der Waals surface area contributed by atoms with E-state index in [-0.39, 0.29) is 5.91 Å². The molecule has 0 unspecified atom stereocenters. The van der Waals surface area contributed by atoms with Gasteiger partial charge in [0, 0.05) is 11.8 Å². The number of nitrogens with one attached hydrogen (secondary N) is 1. The van der Waals surface area contributed by atoms with Crippen molar-refractivity contribution < 1.29 is 4.79 Å². The van der Waals surface area contributed by atoms with Crippen LogP contribution in [0.5, 0.6) is 0 Å². The largest absolute Gasteiger partial charge is 0.303 e. The van der Waals surface area contributed by atoms with Crippen LogP contribution in [0.15, 0.2) is 46.7 Å². The van der Waals surface area contributed by atoms with E-state index in [0.29, 0.717) is 10.9 Å². The first-order chi connectivity index (χ1) is 10.2. The van der Waals surface area contributed by atoms with Crippen molar-refractivity contribution in [1.29, 1.82) is 0 Å². The number of aromatic nitrogens is 2. The molecule has 1 aromatic carbocycles. The SMILES string of the molecule is Cc1nn(-c2ccccc2)cc1C=NN=C1NC(=O)CS1. The van der Waals surface area contributed by atoms with E-state index >= 15 is 0 Å². The minimum atomic E-state index is -0.0398. The first kappa shape index (κ1) is 13.6. The van der Waals surface area contributed by atoms with Crippen LogP contribution in [0, 0.1) is 6.92 Å². The van der Waals surface area contributed by atoms with E-state index in [1.165, 1.54) is 11.8 Å². The number of rotatable bonds is 3. The molecule has 1 amide bonds. The number of hydrogen-bond donors (Lipinski definition) is 1. The van der Waals surface area contributed by atoms with Crippen molar-refractivity contribution in [2.45, 2.75) is 6.92 Å². The van der Waals surface area contributed by atoms with Gasteiger partial charge in [0.2, 0.25) is 5.91 Å². The summed E-state index contributed by atoms with van der Waals surface area (Å²) in [6, 6.07) is 9.86. The predicted octanol–water partition coefficient (Wildman–Crippen LogP) is 1.73. The number of aryl methyl sites for hydroxylation is 1. The van der Waals surface area contributed by atoms with Crippen molar-refractivity contribution in [2.75, 3.05) is 5.75 Å². The smallest absolute Gasteiger partial charge is 0.236 e. The lowest BCUT2D eigenvalue weighted by molar-refractivity contribution is -0.116. The molecule has 3 rings (SSSR count). The summed E-state index contributed by atoms with van der Waals surface area (Å²) in [5, 5.41) is 15.6. The molecule has 2 heterocycles. The van der Waals surface area contributed by atoms with Crippen LogP contribution >= 0.6 is 11.8 Å². The third-order valence-electron chi connectivity index (χ3n) is 2.89. The van der Waals surface area contributed by atoms with Gasteiger partial charge in [-0.15, -0.1) is 5.10 Å². The summed E-state index contributed by atoms with van der Waals surface area (Å²) in [6.07, 6.45) is 3.54. The number of amides is 1. The molecule has 1 aliphatic heterocycles. The summed E-state index contributed by atoms with van der Waals surface area (Å²) < 4.78 is 1.80. The molecule has 0 saturated carbocycles. The molecular formula is C14H13N5OS. The number of amidine groups is 1. The fraction of sp³-hybridized carbons (Fsp3) is 0.143. The summed E-state index contributed by atoms with van der Waals surface area (Å²) in [5.74, 6) is 0.362.